The fourth-order valence-corrected chi connectivity index (χ4v) is 0.731. The Kier molecular flexibility index (Phi) is 7.33. The van der Waals surface area contributed by atoms with Gasteiger partial charge in [-0.1, -0.05) is 39.7 Å². The van der Waals surface area contributed by atoms with Crippen molar-refractivity contribution in [2.45, 2.75) is 40.0 Å². The van der Waals surface area contributed by atoms with Crippen LogP contribution in [0.4, 0.5) is 0 Å². The van der Waals surface area contributed by atoms with Gasteiger partial charge in [-0.3, -0.25) is 0 Å². The molecule has 0 fully saturated rings. The molecule has 1 N–H and O–H groups in total. The number of rotatable bonds is 6. The summed E-state index contributed by atoms with van der Waals surface area (Å²) in [6, 6.07) is 0. The van der Waals surface area contributed by atoms with E-state index in [1.54, 1.807) is 0 Å². The van der Waals surface area contributed by atoms with Crippen LogP contribution in [0, 0.1) is 5.92 Å². The molecule has 1 atom stereocenters. The number of unbranched alkanes of at least 4 members (excludes halogenated alkanes) is 1. The molecule has 0 saturated heterocycles. The van der Waals surface area contributed by atoms with Gasteiger partial charge in [-0.15, -0.1) is 0 Å². The number of allylic oxidation sites excluding steroid dienone is 1. The zero-order valence-electron chi connectivity index (χ0n) is 8.06. The third kappa shape index (κ3) is 7.44. The topological polar surface area (TPSA) is 12.0 Å². The fraction of sp³-hybridized carbons (Fsp3) is 0.800. The summed E-state index contributed by atoms with van der Waals surface area (Å²) in [4.78, 5) is 0. The van der Waals surface area contributed by atoms with Crippen molar-refractivity contribution < 1.29 is 0 Å². The first-order valence-corrected chi connectivity index (χ1v) is 4.71. The van der Waals surface area contributed by atoms with E-state index in [0.29, 0.717) is 5.92 Å². The van der Waals surface area contributed by atoms with Gasteiger partial charge < -0.3 is 5.32 Å². The molecule has 0 saturated carbocycles. The lowest BCUT2D eigenvalue weighted by Gasteiger charge is -2.01. The van der Waals surface area contributed by atoms with Crippen molar-refractivity contribution in [1.82, 2.24) is 5.32 Å². The van der Waals surface area contributed by atoms with Gasteiger partial charge in [0.25, 0.3) is 0 Å². The average molecular weight is 155 g/mol. The third-order valence-corrected chi connectivity index (χ3v) is 1.86. The quantitative estimate of drug-likeness (QED) is 0.581. The van der Waals surface area contributed by atoms with E-state index in [-0.39, 0.29) is 0 Å². The first-order chi connectivity index (χ1) is 5.31. The Hall–Kier alpha value is -0.460. The largest absolute Gasteiger partial charge is 0.391 e. The highest BCUT2D eigenvalue weighted by molar-refractivity contribution is 4.83. The molecule has 1 nitrogen and oxygen atoms in total. The van der Waals surface area contributed by atoms with Crippen molar-refractivity contribution in [3.8, 4) is 0 Å². The summed E-state index contributed by atoms with van der Waals surface area (Å²) in [5.41, 5.74) is 0. The molecular formula is C10H21N. The normalized spacial score (nSPS) is 13.7. The number of hydrogen-bond acceptors (Lipinski definition) is 1. The SMILES string of the molecule is CCCCN/C=C\C(C)CC. The van der Waals surface area contributed by atoms with E-state index in [9.17, 15) is 0 Å². The number of hydrogen-bond donors (Lipinski definition) is 1. The highest BCUT2D eigenvalue weighted by Gasteiger charge is 1.88. The molecule has 0 bridgehead atoms. The van der Waals surface area contributed by atoms with Crippen molar-refractivity contribution in [1.29, 1.82) is 0 Å². The van der Waals surface area contributed by atoms with Crippen LogP contribution in [0.25, 0.3) is 0 Å². The minimum Gasteiger partial charge on any atom is -0.391 e. The first kappa shape index (κ1) is 10.5. The lowest BCUT2D eigenvalue weighted by atomic mass is 10.1. The summed E-state index contributed by atoms with van der Waals surface area (Å²) < 4.78 is 0. The van der Waals surface area contributed by atoms with Crippen molar-refractivity contribution in [2.24, 2.45) is 5.92 Å². The van der Waals surface area contributed by atoms with Crippen LogP contribution < -0.4 is 5.32 Å². The van der Waals surface area contributed by atoms with Crippen LogP contribution in [-0.4, -0.2) is 6.54 Å². The predicted octanol–water partition coefficient (Wildman–Crippen LogP) is 2.94. The van der Waals surface area contributed by atoms with Crippen LogP contribution in [0.1, 0.15) is 40.0 Å². The Labute approximate surface area is 70.9 Å². The molecule has 1 heteroatoms. The van der Waals surface area contributed by atoms with E-state index in [0.717, 1.165) is 6.54 Å². The van der Waals surface area contributed by atoms with E-state index in [1.807, 2.05) is 0 Å². The van der Waals surface area contributed by atoms with E-state index < -0.39 is 0 Å². The lowest BCUT2D eigenvalue weighted by Crippen LogP contribution is -2.06. The molecule has 66 valence electrons. The fourth-order valence-electron chi connectivity index (χ4n) is 0.731. The van der Waals surface area contributed by atoms with Gasteiger partial charge in [-0.2, -0.15) is 0 Å². The number of nitrogens with one attached hydrogen (secondary N) is 1. The molecule has 0 aliphatic heterocycles. The maximum Gasteiger partial charge on any atom is 0.0141 e. The van der Waals surface area contributed by atoms with E-state index >= 15 is 0 Å². The second-order valence-corrected chi connectivity index (χ2v) is 3.05. The third-order valence-electron chi connectivity index (χ3n) is 1.86. The molecule has 0 radical (unpaired) electrons. The Bertz CT molecular complexity index is 97.0. The van der Waals surface area contributed by atoms with E-state index in [2.05, 4.69) is 38.4 Å². The molecule has 0 heterocycles. The molecule has 0 aromatic carbocycles. The monoisotopic (exact) mass is 155 g/mol. The van der Waals surface area contributed by atoms with Gasteiger partial charge in [0.05, 0.1) is 0 Å². The second-order valence-electron chi connectivity index (χ2n) is 3.05. The molecule has 0 spiro atoms. The maximum atomic E-state index is 3.27. The van der Waals surface area contributed by atoms with Gasteiger partial charge in [0.15, 0.2) is 0 Å². The highest BCUT2D eigenvalue weighted by atomic mass is 14.8. The van der Waals surface area contributed by atoms with Crippen LogP contribution in [0.3, 0.4) is 0 Å². The molecular weight excluding hydrogens is 134 g/mol. The molecule has 0 aromatic heterocycles. The Morgan fingerprint density at radius 2 is 2.09 bits per heavy atom. The van der Waals surface area contributed by atoms with Gasteiger partial charge in [-0.05, 0) is 18.5 Å². The standard InChI is InChI=1S/C10H21N/c1-4-6-8-11-9-7-10(3)5-2/h7,9-11H,4-6,8H2,1-3H3/b9-7-. The molecule has 0 rings (SSSR count). The minimum absolute atomic E-state index is 0.712. The van der Waals surface area contributed by atoms with E-state index in [4.69, 9.17) is 0 Å². The molecule has 0 aromatic rings. The van der Waals surface area contributed by atoms with Crippen LogP contribution in [0.2, 0.25) is 0 Å². The van der Waals surface area contributed by atoms with Crippen molar-refractivity contribution in [3.63, 3.8) is 0 Å². The zero-order chi connectivity index (χ0) is 8.53. The Morgan fingerprint density at radius 3 is 2.64 bits per heavy atom. The lowest BCUT2D eigenvalue weighted by molar-refractivity contribution is 0.682. The summed E-state index contributed by atoms with van der Waals surface area (Å²) in [5.74, 6) is 0.712. The van der Waals surface area contributed by atoms with Gasteiger partial charge >= 0.3 is 0 Å². The molecule has 0 amide bonds. The maximum absolute atomic E-state index is 3.27. The van der Waals surface area contributed by atoms with Gasteiger partial charge in [0.2, 0.25) is 0 Å². The summed E-state index contributed by atoms with van der Waals surface area (Å²) in [5, 5.41) is 3.27. The van der Waals surface area contributed by atoms with Crippen molar-refractivity contribution in [2.75, 3.05) is 6.54 Å². The summed E-state index contributed by atoms with van der Waals surface area (Å²) in [6.07, 6.45) is 8.08. The van der Waals surface area contributed by atoms with Gasteiger partial charge in [-0.25, -0.2) is 0 Å². The van der Waals surface area contributed by atoms with Crippen molar-refractivity contribution >= 4 is 0 Å². The smallest absolute Gasteiger partial charge is 0.0141 e. The minimum atomic E-state index is 0.712. The molecule has 1 unspecified atom stereocenters. The Morgan fingerprint density at radius 1 is 1.36 bits per heavy atom. The molecule has 11 heavy (non-hydrogen) atoms. The van der Waals surface area contributed by atoms with Gasteiger partial charge in [0, 0.05) is 6.54 Å². The predicted molar refractivity (Wildman–Crippen MR) is 51.5 cm³/mol. The average Bonchev–Trinajstić information content (AvgIpc) is 2.04. The highest BCUT2D eigenvalue weighted by Crippen LogP contribution is 2.00. The summed E-state index contributed by atoms with van der Waals surface area (Å²) in [6.45, 7) is 7.77. The van der Waals surface area contributed by atoms with Crippen LogP contribution >= 0.6 is 0 Å². The zero-order valence-corrected chi connectivity index (χ0v) is 8.06. The second kappa shape index (κ2) is 7.64. The summed E-state index contributed by atoms with van der Waals surface area (Å²) in [7, 11) is 0. The van der Waals surface area contributed by atoms with Crippen LogP contribution in [0.5, 0.6) is 0 Å². The van der Waals surface area contributed by atoms with Gasteiger partial charge in [0.1, 0.15) is 0 Å². The van der Waals surface area contributed by atoms with Crippen molar-refractivity contribution in [3.05, 3.63) is 12.3 Å². The molecule has 0 aliphatic carbocycles. The Balaban J connectivity index is 3.15. The summed E-state index contributed by atoms with van der Waals surface area (Å²) >= 11 is 0. The van der Waals surface area contributed by atoms with Crippen LogP contribution in [-0.2, 0) is 0 Å². The van der Waals surface area contributed by atoms with Crippen LogP contribution in [0.15, 0.2) is 12.3 Å². The van der Waals surface area contributed by atoms with E-state index in [1.165, 1.54) is 19.3 Å². The molecule has 0 aliphatic rings. The first-order valence-electron chi connectivity index (χ1n) is 4.71.